The molecule has 0 amide bonds. The monoisotopic (exact) mass is 460 g/mol. The van der Waals surface area contributed by atoms with Crippen molar-refractivity contribution in [2.24, 2.45) is 10.9 Å². The van der Waals surface area contributed by atoms with E-state index in [1.54, 1.807) is 0 Å². The number of nitrogens with zero attached hydrogens (tertiary/aromatic N) is 4. The summed E-state index contributed by atoms with van der Waals surface area (Å²) in [5.74, 6) is 3.93. The zero-order valence-corrected chi connectivity index (χ0v) is 18.0. The van der Waals surface area contributed by atoms with Crippen LogP contribution in [0.3, 0.4) is 0 Å². The van der Waals surface area contributed by atoms with E-state index in [0.29, 0.717) is 12.6 Å². The molecule has 0 aromatic carbocycles. The van der Waals surface area contributed by atoms with Crippen molar-refractivity contribution in [3.8, 4) is 0 Å². The quantitative estimate of drug-likeness (QED) is 0.411. The lowest BCUT2D eigenvalue weighted by Gasteiger charge is -2.28. The molecule has 2 aliphatic rings. The second-order valence-electron chi connectivity index (χ2n) is 7.29. The minimum absolute atomic E-state index is 0. The Morgan fingerprint density at radius 1 is 1.16 bits per heavy atom. The Kier molecular flexibility index (Phi) is 8.45. The number of fused-ring (bicyclic) bond motifs is 1. The van der Waals surface area contributed by atoms with Gasteiger partial charge >= 0.3 is 0 Å². The zero-order chi connectivity index (χ0) is 16.8. The van der Waals surface area contributed by atoms with Gasteiger partial charge in [0.15, 0.2) is 11.8 Å². The summed E-state index contributed by atoms with van der Waals surface area (Å²) < 4.78 is 2.28. The van der Waals surface area contributed by atoms with Crippen molar-refractivity contribution in [1.82, 2.24) is 25.4 Å². The average molecular weight is 460 g/mol. The molecule has 3 rings (SSSR count). The van der Waals surface area contributed by atoms with Gasteiger partial charge in [0, 0.05) is 25.6 Å². The number of nitrogens with one attached hydrogen (secondary N) is 2. The van der Waals surface area contributed by atoms with Crippen molar-refractivity contribution in [3.05, 3.63) is 11.6 Å². The highest BCUT2D eigenvalue weighted by molar-refractivity contribution is 14.0. The van der Waals surface area contributed by atoms with Crippen LogP contribution in [0.25, 0.3) is 0 Å². The SMILES string of the molecule is CCNC(=NCc1nnc2n1CCCCC2)NC1CCC(C)CC1.I. The third kappa shape index (κ3) is 5.82. The van der Waals surface area contributed by atoms with Gasteiger partial charge in [-0.2, -0.15) is 0 Å². The zero-order valence-electron chi connectivity index (χ0n) is 15.6. The number of aryl methyl sites for hydroxylation is 1. The van der Waals surface area contributed by atoms with Crippen molar-refractivity contribution in [2.75, 3.05) is 6.54 Å². The summed E-state index contributed by atoms with van der Waals surface area (Å²) in [6.07, 6.45) is 9.90. The van der Waals surface area contributed by atoms with Gasteiger partial charge in [-0.15, -0.1) is 34.2 Å². The van der Waals surface area contributed by atoms with E-state index in [4.69, 9.17) is 4.99 Å². The lowest BCUT2D eigenvalue weighted by atomic mass is 9.87. The second-order valence-corrected chi connectivity index (χ2v) is 7.29. The Bertz CT molecular complexity index is 548. The first-order valence-electron chi connectivity index (χ1n) is 9.72. The van der Waals surface area contributed by atoms with Crippen LogP contribution in [0, 0.1) is 5.92 Å². The highest BCUT2D eigenvalue weighted by atomic mass is 127. The summed E-state index contributed by atoms with van der Waals surface area (Å²) >= 11 is 0. The third-order valence-corrected chi connectivity index (χ3v) is 5.27. The van der Waals surface area contributed by atoms with E-state index in [-0.39, 0.29) is 24.0 Å². The first-order chi connectivity index (χ1) is 11.8. The molecule has 0 radical (unpaired) electrons. The molecule has 6 nitrogen and oxygen atoms in total. The Balaban J connectivity index is 0.00000225. The topological polar surface area (TPSA) is 67.1 Å². The van der Waals surface area contributed by atoms with Crippen molar-refractivity contribution >= 4 is 29.9 Å². The van der Waals surface area contributed by atoms with Gasteiger partial charge in [-0.1, -0.05) is 13.3 Å². The molecule has 0 saturated heterocycles. The molecular weight excluding hydrogens is 427 g/mol. The predicted octanol–water partition coefficient (Wildman–Crippen LogP) is 3.26. The van der Waals surface area contributed by atoms with E-state index in [2.05, 4.69) is 39.2 Å². The lowest BCUT2D eigenvalue weighted by Crippen LogP contribution is -2.44. The van der Waals surface area contributed by atoms with Crippen LogP contribution >= 0.6 is 24.0 Å². The maximum Gasteiger partial charge on any atom is 0.191 e. The summed E-state index contributed by atoms with van der Waals surface area (Å²) in [6.45, 7) is 6.99. The van der Waals surface area contributed by atoms with Crippen LogP contribution in [-0.2, 0) is 19.5 Å². The van der Waals surface area contributed by atoms with Crippen LogP contribution in [0.4, 0.5) is 0 Å². The minimum Gasteiger partial charge on any atom is -0.357 e. The molecule has 0 unspecified atom stereocenters. The number of aromatic nitrogens is 3. The number of halogens is 1. The van der Waals surface area contributed by atoms with Crippen LogP contribution in [0.15, 0.2) is 4.99 Å². The molecule has 1 aromatic heterocycles. The third-order valence-electron chi connectivity index (χ3n) is 5.27. The van der Waals surface area contributed by atoms with Gasteiger partial charge in [0.2, 0.25) is 0 Å². The molecule has 0 spiro atoms. The lowest BCUT2D eigenvalue weighted by molar-refractivity contribution is 0.329. The fourth-order valence-electron chi connectivity index (χ4n) is 3.73. The maximum absolute atomic E-state index is 4.78. The number of hydrogen-bond acceptors (Lipinski definition) is 3. The number of aliphatic imine (C=N–C) groups is 1. The van der Waals surface area contributed by atoms with E-state index in [1.165, 1.54) is 44.9 Å². The van der Waals surface area contributed by atoms with E-state index in [1.807, 2.05) is 0 Å². The summed E-state index contributed by atoms with van der Waals surface area (Å²) in [7, 11) is 0. The maximum atomic E-state index is 4.78. The molecule has 25 heavy (non-hydrogen) atoms. The van der Waals surface area contributed by atoms with Crippen molar-refractivity contribution in [3.63, 3.8) is 0 Å². The standard InChI is InChI=1S/C18H32N6.HI/c1-3-19-18(21-15-10-8-14(2)9-11-15)20-13-17-23-22-16-7-5-4-6-12-24(16)17;/h14-15H,3-13H2,1-2H3,(H2,19,20,21);1H. The molecule has 1 aromatic rings. The van der Waals surface area contributed by atoms with Crippen LogP contribution in [0.1, 0.15) is 70.4 Å². The fourth-order valence-corrected chi connectivity index (χ4v) is 3.73. The molecule has 0 atom stereocenters. The molecule has 142 valence electrons. The molecule has 1 saturated carbocycles. The molecule has 2 N–H and O–H groups in total. The first kappa shape index (κ1) is 20.5. The normalized spacial score (nSPS) is 24.0. The van der Waals surface area contributed by atoms with E-state index in [0.717, 1.165) is 43.0 Å². The second kappa shape index (κ2) is 10.3. The number of hydrogen-bond donors (Lipinski definition) is 2. The molecular formula is C18H33IN6. The van der Waals surface area contributed by atoms with Crippen LogP contribution in [-0.4, -0.2) is 33.3 Å². The summed E-state index contributed by atoms with van der Waals surface area (Å²) in [4.78, 5) is 4.78. The van der Waals surface area contributed by atoms with Crippen LogP contribution in [0.5, 0.6) is 0 Å². The summed E-state index contributed by atoms with van der Waals surface area (Å²) in [5, 5.41) is 15.7. The summed E-state index contributed by atoms with van der Waals surface area (Å²) in [6, 6.07) is 0.550. The van der Waals surface area contributed by atoms with Gasteiger partial charge in [-0.25, -0.2) is 4.99 Å². The number of rotatable bonds is 4. The smallest absolute Gasteiger partial charge is 0.191 e. The van der Waals surface area contributed by atoms with Crippen LogP contribution < -0.4 is 10.6 Å². The highest BCUT2D eigenvalue weighted by Gasteiger charge is 2.19. The molecule has 1 fully saturated rings. The average Bonchev–Trinajstić information content (AvgIpc) is 2.81. The van der Waals surface area contributed by atoms with Gasteiger partial charge in [0.1, 0.15) is 12.4 Å². The first-order valence-corrected chi connectivity index (χ1v) is 9.72. The Morgan fingerprint density at radius 3 is 2.72 bits per heavy atom. The predicted molar refractivity (Wildman–Crippen MR) is 112 cm³/mol. The Morgan fingerprint density at radius 2 is 1.96 bits per heavy atom. The van der Waals surface area contributed by atoms with E-state index < -0.39 is 0 Å². The summed E-state index contributed by atoms with van der Waals surface area (Å²) in [5.41, 5.74) is 0. The van der Waals surface area contributed by atoms with Gasteiger partial charge < -0.3 is 15.2 Å². The van der Waals surface area contributed by atoms with Crippen molar-refractivity contribution in [2.45, 2.75) is 84.3 Å². The van der Waals surface area contributed by atoms with E-state index >= 15 is 0 Å². The van der Waals surface area contributed by atoms with Crippen molar-refractivity contribution < 1.29 is 0 Å². The molecule has 1 aliphatic heterocycles. The minimum atomic E-state index is 0. The van der Waals surface area contributed by atoms with Gasteiger partial charge in [-0.3, -0.25) is 0 Å². The van der Waals surface area contributed by atoms with Gasteiger partial charge in [0.05, 0.1) is 0 Å². The van der Waals surface area contributed by atoms with Gasteiger partial charge in [0.25, 0.3) is 0 Å². The Labute approximate surface area is 168 Å². The molecule has 7 heteroatoms. The molecule has 1 aliphatic carbocycles. The molecule has 0 bridgehead atoms. The van der Waals surface area contributed by atoms with Crippen LogP contribution in [0.2, 0.25) is 0 Å². The van der Waals surface area contributed by atoms with Crippen molar-refractivity contribution in [1.29, 1.82) is 0 Å². The number of guanidine groups is 1. The fraction of sp³-hybridized carbons (Fsp3) is 0.833. The molecule has 2 heterocycles. The van der Waals surface area contributed by atoms with Gasteiger partial charge in [-0.05, 0) is 51.4 Å². The highest BCUT2D eigenvalue weighted by Crippen LogP contribution is 2.23. The largest absolute Gasteiger partial charge is 0.357 e. The van der Waals surface area contributed by atoms with E-state index in [9.17, 15) is 0 Å². The Hall–Kier alpha value is -0.860.